The number of carbonyl (C=O) groups excluding carboxylic acids is 1. The Bertz CT molecular complexity index is 169. The Labute approximate surface area is 78.2 Å². The third-order valence-electron chi connectivity index (χ3n) is 2.04. The van der Waals surface area contributed by atoms with Gasteiger partial charge >= 0.3 is 5.97 Å². The van der Waals surface area contributed by atoms with Crippen molar-refractivity contribution in [3.8, 4) is 0 Å². The predicted octanol–water partition coefficient (Wildman–Crippen LogP) is 1.09. The highest BCUT2D eigenvalue weighted by molar-refractivity contribution is 5.72. The second-order valence-electron chi connectivity index (χ2n) is 3.13. The zero-order valence-electron chi connectivity index (χ0n) is 8.12. The van der Waals surface area contributed by atoms with Crippen LogP contribution in [0.15, 0.2) is 0 Å². The molecule has 76 valence electrons. The number of hydrogen-bond donors (Lipinski definition) is 0. The van der Waals surface area contributed by atoms with Gasteiger partial charge in [0.05, 0.1) is 6.42 Å². The van der Waals surface area contributed by atoms with Gasteiger partial charge in [-0.1, -0.05) is 13.3 Å². The van der Waals surface area contributed by atoms with Crippen molar-refractivity contribution in [2.45, 2.75) is 38.4 Å². The minimum Gasteiger partial charge on any atom is -0.460 e. The third kappa shape index (κ3) is 2.97. The molecule has 0 aromatic carbocycles. The molecule has 0 aromatic rings. The highest BCUT2D eigenvalue weighted by atomic mass is 16.7. The van der Waals surface area contributed by atoms with E-state index in [1.54, 1.807) is 7.11 Å². The highest BCUT2D eigenvalue weighted by Gasteiger charge is 2.34. The van der Waals surface area contributed by atoms with Crippen molar-refractivity contribution in [3.63, 3.8) is 0 Å². The zero-order valence-corrected chi connectivity index (χ0v) is 8.12. The maximum atomic E-state index is 11.0. The standard InChI is InChI=1S/C9H16O4/c1-3-4-7-8(12-6-11-2)5-9(10)13-7/h7-8H,3-6H2,1-2H3/t7-,8+/m1/s1. The molecule has 1 heterocycles. The van der Waals surface area contributed by atoms with Crippen LogP contribution in [0.3, 0.4) is 0 Å². The molecule has 0 N–H and O–H groups in total. The molecule has 1 fully saturated rings. The molecule has 4 heteroatoms. The van der Waals surface area contributed by atoms with Crippen molar-refractivity contribution in [3.05, 3.63) is 0 Å². The average molecular weight is 188 g/mol. The van der Waals surface area contributed by atoms with E-state index in [1.165, 1.54) is 0 Å². The van der Waals surface area contributed by atoms with Crippen LogP contribution in [0, 0.1) is 0 Å². The first kappa shape index (κ1) is 10.5. The van der Waals surface area contributed by atoms with Crippen LogP contribution in [0.2, 0.25) is 0 Å². The summed E-state index contributed by atoms with van der Waals surface area (Å²) in [5.41, 5.74) is 0. The molecule has 0 bridgehead atoms. The third-order valence-corrected chi connectivity index (χ3v) is 2.04. The molecule has 0 aliphatic carbocycles. The van der Waals surface area contributed by atoms with E-state index in [0.29, 0.717) is 6.42 Å². The summed E-state index contributed by atoms with van der Waals surface area (Å²) < 4.78 is 15.2. The van der Waals surface area contributed by atoms with Crippen LogP contribution in [0.25, 0.3) is 0 Å². The van der Waals surface area contributed by atoms with Crippen molar-refractivity contribution in [1.29, 1.82) is 0 Å². The largest absolute Gasteiger partial charge is 0.460 e. The lowest BCUT2D eigenvalue weighted by Crippen LogP contribution is -2.25. The molecule has 2 atom stereocenters. The highest BCUT2D eigenvalue weighted by Crippen LogP contribution is 2.21. The van der Waals surface area contributed by atoms with E-state index in [0.717, 1.165) is 12.8 Å². The SMILES string of the molecule is CCC[C@H]1OC(=O)C[C@@H]1OCOC. The molecular weight excluding hydrogens is 172 g/mol. The van der Waals surface area contributed by atoms with Crippen molar-refractivity contribution in [2.24, 2.45) is 0 Å². The summed E-state index contributed by atoms with van der Waals surface area (Å²) in [6.07, 6.45) is 2.01. The number of ether oxygens (including phenoxy) is 3. The fourth-order valence-corrected chi connectivity index (χ4v) is 1.44. The van der Waals surface area contributed by atoms with Gasteiger partial charge in [0, 0.05) is 7.11 Å². The van der Waals surface area contributed by atoms with E-state index in [4.69, 9.17) is 14.2 Å². The number of rotatable bonds is 5. The zero-order chi connectivity index (χ0) is 9.68. The van der Waals surface area contributed by atoms with Crippen molar-refractivity contribution in [2.75, 3.05) is 13.9 Å². The van der Waals surface area contributed by atoms with Crippen molar-refractivity contribution < 1.29 is 19.0 Å². The van der Waals surface area contributed by atoms with E-state index < -0.39 is 0 Å². The molecule has 1 saturated heterocycles. The van der Waals surface area contributed by atoms with Gasteiger partial charge in [0.25, 0.3) is 0 Å². The van der Waals surface area contributed by atoms with Crippen LogP contribution >= 0.6 is 0 Å². The molecule has 0 saturated carbocycles. The molecule has 0 radical (unpaired) electrons. The van der Waals surface area contributed by atoms with E-state index in [-0.39, 0.29) is 25.0 Å². The predicted molar refractivity (Wildman–Crippen MR) is 46.2 cm³/mol. The maximum absolute atomic E-state index is 11.0. The lowest BCUT2D eigenvalue weighted by molar-refractivity contribution is -0.142. The van der Waals surface area contributed by atoms with Crippen LogP contribution < -0.4 is 0 Å². The summed E-state index contributed by atoms with van der Waals surface area (Å²) in [6, 6.07) is 0. The monoisotopic (exact) mass is 188 g/mol. The molecule has 0 amide bonds. The second-order valence-corrected chi connectivity index (χ2v) is 3.13. The number of carbonyl (C=O) groups is 1. The van der Waals surface area contributed by atoms with Crippen molar-refractivity contribution >= 4 is 5.97 Å². The Kier molecular flexibility index (Phi) is 4.18. The number of hydrogen-bond acceptors (Lipinski definition) is 4. The molecule has 1 rings (SSSR count). The van der Waals surface area contributed by atoms with Gasteiger partial charge in [-0.05, 0) is 6.42 Å². The second kappa shape index (κ2) is 5.19. The number of esters is 1. The first-order valence-electron chi connectivity index (χ1n) is 4.58. The quantitative estimate of drug-likeness (QED) is 0.478. The van der Waals surface area contributed by atoms with E-state index in [2.05, 4.69) is 6.92 Å². The van der Waals surface area contributed by atoms with Gasteiger partial charge in [-0.2, -0.15) is 0 Å². The molecule has 1 aliphatic heterocycles. The fraction of sp³-hybridized carbons (Fsp3) is 0.889. The lowest BCUT2D eigenvalue weighted by atomic mass is 10.1. The number of cyclic esters (lactones) is 1. The van der Waals surface area contributed by atoms with Crippen LogP contribution in [-0.4, -0.2) is 32.1 Å². The van der Waals surface area contributed by atoms with Crippen LogP contribution in [0.1, 0.15) is 26.2 Å². The molecule has 0 unspecified atom stereocenters. The first-order chi connectivity index (χ1) is 6.27. The Hall–Kier alpha value is -0.610. The fourth-order valence-electron chi connectivity index (χ4n) is 1.44. The summed E-state index contributed by atoms with van der Waals surface area (Å²) in [7, 11) is 1.56. The normalized spacial score (nSPS) is 27.7. The first-order valence-corrected chi connectivity index (χ1v) is 4.58. The van der Waals surface area contributed by atoms with Crippen LogP contribution in [0.5, 0.6) is 0 Å². The molecule has 0 aromatic heterocycles. The van der Waals surface area contributed by atoms with Gasteiger partial charge in [0.1, 0.15) is 19.0 Å². The summed E-state index contributed by atoms with van der Waals surface area (Å²) in [4.78, 5) is 11.0. The van der Waals surface area contributed by atoms with Gasteiger partial charge < -0.3 is 14.2 Å². The Morgan fingerprint density at radius 3 is 3.00 bits per heavy atom. The summed E-state index contributed by atoms with van der Waals surface area (Å²) in [5, 5.41) is 0. The summed E-state index contributed by atoms with van der Waals surface area (Å²) in [6.45, 7) is 2.28. The van der Waals surface area contributed by atoms with Gasteiger partial charge in [-0.3, -0.25) is 4.79 Å². The van der Waals surface area contributed by atoms with Gasteiger partial charge in [0.2, 0.25) is 0 Å². The molecular formula is C9H16O4. The minimum absolute atomic E-state index is 0.0763. The smallest absolute Gasteiger partial charge is 0.308 e. The van der Waals surface area contributed by atoms with E-state index >= 15 is 0 Å². The van der Waals surface area contributed by atoms with Crippen LogP contribution in [-0.2, 0) is 19.0 Å². The maximum Gasteiger partial charge on any atom is 0.308 e. The van der Waals surface area contributed by atoms with E-state index in [1.807, 2.05) is 0 Å². The van der Waals surface area contributed by atoms with Gasteiger partial charge in [0.15, 0.2) is 0 Å². The average Bonchev–Trinajstić information content (AvgIpc) is 2.44. The summed E-state index contributed by atoms with van der Waals surface area (Å²) in [5.74, 6) is -0.167. The number of methoxy groups -OCH3 is 1. The molecule has 4 nitrogen and oxygen atoms in total. The lowest BCUT2D eigenvalue weighted by Gasteiger charge is -2.16. The Morgan fingerprint density at radius 1 is 1.62 bits per heavy atom. The molecule has 1 aliphatic rings. The van der Waals surface area contributed by atoms with Crippen LogP contribution in [0.4, 0.5) is 0 Å². The minimum atomic E-state index is -0.167. The topological polar surface area (TPSA) is 44.8 Å². The summed E-state index contributed by atoms with van der Waals surface area (Å²) >= 11 is 0. The molecule has 13 heavy (non-hydrogen) atoms. The van der Waals surface area contributed by atoms with E-state index in [9.17, 15) is 4.79 Å². The van der Waals surface area contributed by atoms with Gasteiger partial charge in [-0.15, -0.1) is 0 Å². The van der Waals surface area contributed by atoms with Gasteiger partial charge in [-0.25, -0.2) is 0 Å². The Morgan fingerprint density at radius 2 is 2.38 bits per heavy atom. The van der Waals surface area contributed by atoms with Crippen molar-refractivity contribution in [1.82, 2.24) is 0 Å². The molecule has 0 spiro atoms. The Balaban J connectivity index is 2.36.